The molecule has 1 amide bonds. The Bertz CT molecular complexity index is 536. The average Bonchev–Trinajstić information content (AvgIpc) is 3.21. The van der Waals surface area contributed by atoms with Crippen molar-refractivity contribution in [2.45, 2.75) is 38.1 Å². The number of para-hydroxylation sites is 1. The molecule has 5 heteroatoms. The third kappa shape index (κ3) is 5.71. The first kappa shape index (κ1) is 19.2. The molecule has 26 heavy (non-hydrogen) atoms. The maximum Gasteiger partial charge on any atom is 0.234 e. The summed E-state index contributed by atoms with van der Waals surface area (Å²) in [5.41, 5.74) is 1.22. The summed E-state index contributed by atoms with van der Waals surface area (Å²) in [4.78, 5) is 19.4. The van der Waals surface area contributed by atoms with Gasteiger partial charge in [0.25, 0.3) is 0 Å². The Morgan fingerprint density at radius 2 is 1.81 bits per heavy atom. The monoisotopic (exact) mass is 358 g/mol. The summed E-state index contributed by atoms with van der Waals surface area (Å²) in [6, 6.07) is 11.1. The van der Waals surface area contributed by atoms with E-state index in [1.54, 1.807) is 0 Å². The van der Waals surface area contributed by atoms with Gasteiger partial charge in [-0.3, -0.25) is 9.69 Å². The van der Waals surface area contributed by atoms with Gasteiger partial charge in [-0.2, -0.15) is 0 Å². The molecule has 0 bridgehead atoms. The minimum atomic E-state index is 0.173. The number of carbonyl (C=O) groups is 1. The van der Waals surface area contributed by atoms with Crippen molar-refractivity contribution in [3.8, 4) is 0 Å². The van der Waals surface area contributed by atoms with E-state index >= 15 is 0 Å². The summed E-state index contributed by atoms with van der Waals surface area (Å²) >= 11 is 0. The number of carbonyl (C=O) groups excluding carboxylic acids is 1. The normalized spacial score (nSPS) is 19.6. The average molecular weight is 359 g/mol. The van der Waals surface area contributed by atoms with Gasteiger partial charge in [-0.05, 0) is 57.3 Å². The summed E-state index contributed by atoms with van der Waals surface area (Å²) in [6.45, 7) is 6.94. The Balaban J connectivity index is 1.26. The molecule has 2 fully saturated rings. The fraction of sp³-hybridized carbons (Fsp3) is 0.667. The van der Waals surface area contributed by atoms with Crippen LogP contribution in [-0.4, -0.2) is 74.6 Å². The van der Waals surface area contributed by atoms with Crippen LogP contribution >= 0.6 is 0 Å². The highest BCUT2D eigenvalue weighted by Gasteiger charge is 2.26. The number of piperidine rings is 1. The first-order valence-corrected chi connectivity index (χ1v) is 10.2. The van der Waals surface area contributed by atoms with Gasteiger partial charge < -0.3 is 15.1 Å². The van der Waals surface area contributed by atoms with Crippen LogP contribution in [0.15, 0.2) is 30.3 Å². The molecule has 2 aliphatic rings. The summed E-state index contributed by atoms with van der Waals surface area (Å²) in [6.07, 6.45) is 6.13. The molecule has 1 aromatic carbocycles. The standard InChI is InChI=1S/C21H34N4O/c1-23(19-8-3-2-4-9-19)13-7-12-22-21(26)18-24-16-10-20(11-17-24)25-14-5-6-15-25/h2-4,8-9,20H,5-7,10-18H2,1H3,(H,22,26). The van der Waals surface area contributed by atoms with Crippen molar-refractivity contribution in [2.24, 2.45) is 0 Å². The van der Waals surface area contributed by atoms with Gasteiger partial charge in [0.15, 0.2) is 0 Å². The Morgan fingerprint density at radius 3 is 2.50 bits per heavy atom. The van der Waals surface area contributed by atoms with Crippen molar-refractivity contribution in [1.29, 1.82) is 0 Å². The molecule has 0 saturated carbocycles. The zero-order valence-corrected chi connectivity index (χ0v) is 16.2. The molecule has 0 unspecified atom stereocenters. The number of anilines is 1. The number of nitrogens with one attached hydrogen (secondary N) is 1. The summed E-state index contributed by atoms with van der Waals surface area (Å²) in [7, 11) is 2.10. The van der Waals surface area contributed by atoms with Crippen LogP contribution in [0.3, 0.4) is 0 Å². The zero-order valence-electron chi connectivity index (χ0n) is 16.2. The van der Waals surface area contributed by atoms with Gasteiger partial charge >= 0.3 is 0 Å². The van der Waals surface area contributed by atoms with E-state index < -0.39 is 0 Å². The SMILES string of the molecule is CN(CCCNC(=O)CN1CCC(N2CCCC2)CC1)c1ccccc1. The fourth-order valence-electron chi connectivity index (χ4n) is 4.16. The minimum absolute atomic E-state index is 0.173. The van der Waals surface area contributed by atoms with Crippen LogP contribution in [0.5, 0.6) is 0 Å². The molecule has 144 valence electrons. The van der Waals surface area contributed by atoms with E-state index in [-0.39, 0.29) is 5.91 Å². The largest absolute Gasteiger partial charge is 0.375 e. The third-order valence-corrected chi connectivity index (χ3v) is 5.77. The van der Waals surface area contributed by atoms with Crippen LogP contribution < -0.4 is 10.2 Å². The van der Waals surface area contributed by atoms with Crippen molar-refractivity contribution >= 4 is 11.6 Å². The lowest BCUT2D eigenvalue weighted by atomic mass is 10.0. The van der Waals surface area contributed by atoms with Crippen LogP contribution in [-0.2, 0) is 4.79 Å². The van der Waals surface area contributed by atoms with Crippen LogP contribution in [0.1, 0.15) is 32.1 Å². The van der Waals surface area contributed by atoms with Crippen molar-refractivity contribution < 1.29 is 4.79 Å². The second-order valence-corrected chi connectivity index (χ2v) is 7.71. The Hall–Kier alpha value is -1.59. The fourth-order valence-corrected chi connectivity index (χ4v) is 4.16. The molecule has 5 nitrogen and oxygen atoms in total. The highest BCUT2D eigenvalue weighted by atomic mass is 16.2. The van der Waals surface area contributed by atoms with E-state index in [1.165, 1.54) is 44.5 Å². The molecular formula is C21H34N4O. The molecule has 0 spiro atoms. The molecule has 0 radical (unpaired) electrons. The van der Waals surface area contributed by atoms with E-state index in [4.69, 9.17) is 0 Å². The second kappa shape index (κ2) is 9.93. The van der Waals surface area contributed by atoms with Gasteiger partial charge in [-0.25, -0.2) is 0 Å². The molecule has 0 aliphatic carbocycles. The third-order valence-electron chi connectivity index (χ3n) is 5.77. The van der Waals surface area contributed by atoms with E-state index in [2.05, 4.69) is 51.3 Å². The molecule has 1 N–H and O–H groups in total. The predicted octanol–water partition coefficient (Wildman–Crippen LogP) is 2.19. The molecule has 0 aromatic heterocycles. The molecule has 2 saturated heterocycles. The van der Waals surface area contributed by atoms with Gasteiger partial charge in [0, 0.05) is 45.0 Å². The number of hydrogen-bond acceptors (Lipinski definition) is 4. The maximum atomic E-state index is 12.2. The van der Waals surface area contributed by atoms with Gasteiger partial charge in [0.1, 0.15) is 0 Å². The first-order valence-electron chi connectivity index (χ1n) is 10.2. The lowest BCUT2D eigenvalue weighted by molar-refractivity contribution is -0.122. The maximum absolute atomic E-state index is 12.2. The Kier molecular flexibility index (Phi) is 7.32. The molecule has 0 atom stereocenters. The van der Waals surface area contributed by atoms with Crippen LogP contribution in [0.4, 0.5) is 5.69 Å². The lowest BCUT2D eigenvalue weighted by Gasteiger charge is -2.36. The first-order chi connectivity index (χ1) is 12.7. The number of likely N-dealkylation sites (tertiary alicyclic amines) is 2. The van der Waals surface area contributed by atoms with Crippen molar-refractivity contribution in [3.63, 3.8) is 0 Å². The van der Waals surface area contributed by atoms with Crippen molar-refractivity contribution in [3.05, 3.63) is 30.3 Å². The summed E-state index contributed by atoms with van der Waals surface area (Å²) in [5.74, 6) is 0.173. The Morgan fingerprint density at radius 1 is 1.12 bits per heavy atom. The molecule has 1 aromatic rings. The minimum Gasteiger partial charge on any atom is -0.375 e. The quantitative estimate of drug-likeness (QED) is 0.723. The number of benzene rings is 1. The van der Waals surface area contributed by atoms with E-state index in [9.17, 15) is 4.79 Å². The Labute approximate surface area is 158 Å². The molecule has 2 heterocycles. The number of amides is 1. The predicted molar refractivity (Wildman–Crippen MR) is 108 cm³/mol. The van der Waals surface area contributed by atoms with Gasteiger partial charge in [0.05, 0.1) is 6.54 Å². The molecular weight excluding hydrogens is 324 g/mol. The highest BCUT2D eigenvalue weighted by Crippen LogP contribution is 2.20. The van der Waals surface area contributed by atoms with Gasteiger partial charge in [0.2, 0.25) is 5.91 Å². The van der Waals surface area contributed by atoms with Gasteiger partial charge in [-0.1, -0.05) is 18.2 Å². The van der Waals surface area contributed by atoms with Gasteiger partial charge in [-0.15, -0.1) is 0 Å². The highest BCUT2D eigenvalue weighted by molar-refractivity contribution is 5.78. The van der Waals surface area contributed by atoms with Crippen LogP contribution in [0.2, 0.25) is 0 Å². The van der Waals surface area contributed by atoms with Crippen molar-refractivity contribution in [2.75, 3.05) is 57.8 Å². The second-order valence-electron chi connectivity index (χ2n) is 7.71. The van der Waals surface area contributed by atoms with Crippen LogP contribution in [0, 0.1) is 0 Å². The summed E-state index contributed by atoms with van der Waals surface area (Å²) < 4.78 is 0. The smallest absolute Gasteiger partial charge is 0.234 e. The zero-order chi connectivity index (χ0) is 18.2. The van der Waals surface area contributed by atoms with E-state index in [1.807, 2.05) is 6.07 Å². The molecule has 2 aliphatic heterocycles. The van der Waals surface area contributed by atoms with E-state index in [0.29, 0.717) is 6.54 Å². The van der Waals surface area contributed by atoms with Crippen LogP contribution in [0.25, 0.3) is 0 Å². The summed E-state index contributed by atoms with van der Waals surface area (Å²) in [5, 5.41) is 3.09. The van der Waals surface area contributed by atoms with E-state index in [0.717, 1.165) is 38.6 Å². The topological polar surface area (TPSA) is 38.8 Å². The lowest BCUT2D eigenvalue weighted by Crippen LogP contribution is -2.47. The number of hydrogen-bond donors (Lipinski definition) is 1. The molecule has 3 rings (SSSR count). The number of rotatable bonds is 8. The van der Waals surface area contributed by atoms with Crippen molar-refractivity contribution in [1.82, 2.24) is 15.1 Å². The number of nitrogens with zero attached hydrogens (tertiary/aromatic N) is 3.